The van der Waals surface area contributed by atoms with Crippen LogP contribution >= 0.6 is 0 Å². The third-order valence-electron chi connectivity index (χ3n) is 18.8. The maximum atomic E-state index is 14.7. The van der Waals surface area contributed by atoms with E-state index in [2.05, 4.69) is 78.8 Å². The lowest BCUT2D eigenvalue weighted by Gasteiger charge is -2.29. The molecule has 0 aromatic heterocycles. The van der Waals surface area contributed by atoms with Crippen molar-refractivity contribution in [3.63, 3.8) is 0 Å². The number of aromatic hydroxyl groups is 1. The minimum Gasteiger partial charge on any atom is -0.508 e. The van der Waals surface area contributed by atoms with Gasteiger partial charge in [-0.15, -0.1) is 0 Å². The summed E-state index contributed by atoms with van der Waals surface area (Å²) in [5.41, 5.74) is 51.1. The van der Waals surface area contributed by atoms with Gasteiger partial charge in [-0.2, -0.15) is 0 Å². The first kappa shape index (κ1) is 102. The molecule has 32 N–H and O–H groups in total. The maximum Gasteiger partial charge on any atom is 0.305 e. The highest BCUT2D eigenvalue weighted by molar-refractivity contribution is 6.00. The van der Waals surface area contributed by atoms with E-state index in [-0.39, 0.29) is 125 Å². The Morgan fingerprint density at radius 1 is 0.381 bits per heavy atom. The molecule has 0 unspecified atom stereocenters. The van der Waals surface area contributed by atoms with Crippen molar-refractivity contribution < 1.29 is 82.1 Å². The number of hydrogen-bond acceptors (Lipinski definition) is 20. The number of amides is 14. The fourth-order valence-corrected chi connectivity index (χ4v) is 12.0. The number of carbonyl (C=O) groups is 15. The SMILES string of the molecule is CC[C@H](C)[C@H](NC(=O)[C@H](CCCN=C(N)N)NC(=O)[C@@H](NC(=O)[C@@H](N)CCCN=C(N)N)[C@@H](C)CC)C(=O)NCC(=O)N[C@@H](CC(C)C)C(=O)N[C@@H](Cc1ccccc1)C(=O)N[C@@H](CC(=O)O)C(=O)N[C@@H](CCC(N)=O)C(=O)N[C@@H](CC(C)C)C(=O)N[C@@H](Cc1ccc(O)cc1)C(=O)N[C@@H](CCCN=C(N)N)C(=O)N[C@@H](CC(C)C)C(N)=O. The van der Waals surface area contributed by atoms with Crippen LogP contribution in [-0.4, -0.2) is 215 Å². The summed E-state index contributed by atoms with van der Waals surface area (Å²) in [6.45, 7) is 16.8. The summed E-state index contributed by atoms with van der Waals surface area (Å²) >= 11 is 0. The predicted octanol–water partition coefficient (Wildman–Crippen LogP) is -4.43. The summed E-state index contributed by atoms with van der Waals surface area (Å²) in [4.78, 5) is 221. The van der Waals surface area contributed by atoms with Crippen LogP contribution in [0.4, 0.5) is 0 Å². The van der Waals surface area contributed by atoms with E-state index < -0.39 is 199 Å². The molecule has 14 amide bonds. The van der Waals surface area contributed by atoms with E-state index in [1.165, 1.54) is 24.3 Å². The van der Waals surface area contributed by atoms with Gasteiger partial charge in [-0.1, -0.05) is 125 Å². The fourth-order valence-electron chi connectivity index (χ4n) is 12.0. The summed E-state index contributed by atoms with van der Waals surface area (Å²) in [5.74, 6) is -17.2. The highest BCUT2D eigenvalue weighted by Gasteiger charge is 2.39. The first-order valence-electron chi connectivity index (χ1n) is 39.6. The average molecular weight is 1660 g/mol. The number of phenols is 1. The number of primary amides is 2. The van der Waals surface area contributed by atoms with E-state index in [1.54, 1.807) is 99.6 Å². The van der Waals surface area contributed by atoms with E-state index >= 15 is 0 Å². The first-order valence-corrected chi connectivity index (χ1v) is 39.6. The van der Waals surface area contributed by atoms with Crippen LogP contribution in [-0.2, 0) is 84.8 Å². The van der Waals surface area contributed by atoms with Crippen molar-refractivity contribution in [2.75, 3.05) is 26.2 Å². The van der Waals surface area contributed by atoms with Crippen LogP contribution in [0.2, 0.25) is 0 Å². The minimum atomic E-state index is -2.04. The monoisotopic (exact) mass is 1660 g/mol. The number of aliphatic carboxylic acids is 1. The second-order valence-corrected chi connectivity index (χ2v) is 30.5. The van der Waals surface area contributed by atoms with Gasteiger partial charge in [-0.25, -0.2) is 0 Å². The molecular weight excluding hydrogens is 1530 g/mol. The summed E-state index contributed by atoms with van der Waals surface area (Å²) in [6, 6.07) is -3.73. The van der Waals surface area contributed by atoms with Gasteiger partial charge in [-0.05, 0) is 117 Å². The van der Waals surface area contributed by atoms with Crippen LogP contribution in [0.5, 0.6) is 5.75 Å². The van der Waals surface area contributed by atoms with Crippen LogP contribution in [0.3, 0.4) is 0 Å². The number of aliphatic imine (C=N–C) groups is 3. The summed E-state index contributed by atoms with van der Waals surface area (Å²) in [6.07, 6.45) is -1.53. The quantitative estimate of drug-likeness (QED) is 0.0169. The third kappa shape index (κ3) is 40.6. The van der Waals surface area contributed by atoms with Gasteiger partial charge in [0.2, 0.25) is 82.7 Å². The normalized spacial score (nSPS) is 14.7. The van der Waals surface area contributed by atoms with Crippen molar-refractivity contribution in [1.82, 2.24) is 63.8 Å². The number of nitrogens with two attached hydrogens (primary N) is 9. The van der Waals surface area contributed by atoms with E-state index in [0.29, 0.717) is 30.4 Å². The molecule has 0 aliphatic heterocycles. The minimum absolute atomic E-state index is 0.0216. The number of carboxylic acids is 1. The summed E-state index contributed by atoms with van der Waals surface area (Å²) in [5, 5.41) is 51.3. The lowest BCUT2D eigenvalue weighted by atomic mass is 9.96. The average Bonchev–Trinajstić information content (AvgIpc) is 0.853. The fraction of sp³-hybridized carbons (Fsp3) is 0.610. The molecule has 2 aromatic carbocycles. The standard InChI is InChI=1S/C77H128N24O17/c1-11-43(9)61(101-67(111)50(23-18-32-89-77(85)86)94-74(118)62(44(10)12-2)100-64(108)48(78)21-16-30-87-75(81)82)73(117)90-39-59(104)91-53(34-41(5)6)68(112)97-55(36-45-19-14-13-15-20-45)71(115)99-57(38-60(105)106)72(116)93-51(28-29-58(79)103)66(110)96-54(35-42(7)8)69(113)98-56(37-46-24-26-47(102)27-25-46)70(114)92-49(22-17-31-88-76(83)84)65(109)95-52(63(80)107)33-40(3)4/h13-15,19-20,24-27,40-44,48-57,61-62,102H,11-12,16-18,21-23,28-39,78H2,1-10H3,(H2,79,103)(H2,80,107)(H,90,117)(H,91,104)(H,92,114)(H,93,116)(H,94,118)(H,95,109)(H,96,110)(H,97,112)(H,98,113)(H,99,115)(H,100,108)(H,101,111)(H,105,106)(H4,81,82,87)(H4,83,84,88)(H4,85,86,89)/t43-,44-,48-,49-,50-,51-,52-,53-,54-,55-,56-,57-,61-,62-/m0/s1. The summed E-state index contributed by atoms with van der Waals surface area (Å²) < 4.78 is 0. The molecule has 0 aliphatic rings. The molecule has 118 heavy (non-hydrogen) atoms. The molecule has 41 nitrogen and oxygen atoms in total. The zero-order valence-electron chi connectivity index (χ0n) is 69.2. The number of rotatable bonds is 56. The smallest absolute Gasteiger partial charge is 0.305 e. The number of carboxylic acid groups (broad SMARTS) is 1. The molecule has 0 spiro atoms. The highest BCUT2D eigenvalue weighted by atomic mass is 16.4. The molecule has 2 aromatic rings. The Bertz CT molecular complexity index is 3740. The van der Waals surface area contributed by atoms with Gasteiger partial charge in [0, 0.05) is 38.9 Å². The second kappa shape index (κ2) is 53.3. The Balaban J connectivity index is 2.56. The van der Waals surface area contributed by atoms with Gasteiger partial charge in [-0.3, -0.25) is 86.9 Å². The largest absolute Gasteiger partial charge is 0.508 e. The van der Waals surface area contributed by atoms with E-state index in [9.17, 15) is 82.1 Å². The summed E-state index contributed by atoms with van der Waals surface area (Å²) in [7, 11) is 0. The number of guanidine groups is 3. The van der Waals surface area contributed by atoms with Gasteiger partial charge >= 0.3 is 5.97 Å². The molecule has 0 bridgehead atoms. The molecule has 0 radical (unpaired) electrons. The molecule has 41 heteroatoms. The van der Waals surface area contributed by atoms with E-state index in [4.69, 9.17) is 51.6 Å². The van der Waals surface area contributed by atoms with Crippen molar-refractivity contribution in [2.24, 2.45) is 96.2 Å². The van der Waals surface area contributed by atoms with Gasteiger partial charge < -0.3 is 126 Å². The zero-order valence-corrected chi connectivity index (χ0v) is 69.2. The van der Waals surface area contributed by atoms with Gasteiger partial charge in [0.05, 0.1) is 19.0 Å². The Labute approximate surface area is 688 Å². The number of nitrogens with one attached hydrogen (secondary N) is 12. The van der Waals surface area contributed by atoms with Gasteiger partial charge in [0.25, 0.3) is 0 Å². The molecule has 2 rings (SSSR count). The third-order valence-corrected chi connectivity index (χ3v) is 18.8. The first-order chi connectivity index (χ1) is 55.4. The van der Waals surface area contributed by atoms with Crippen LogP contribution in [0.15, 0.2) is 69.6 Å². The highest BCUT2D eigenvalue weighted by Crippen LogP contribution is 2.18. The lowest BCUT2D eigenvalue weighted by Crippen LogP contribution is -2.61. The Morgan fingerprint density at radius 3 is 1.16 bits per heavy atom. The van der Waals surface area contributed by atoms with Crippen LogP contribution in [0.1, 0.15) is 170 Å². The van der Waals surface area contributed by atoms with Crippen molar-refractivity contribution in [3.05, 3.63) is 65.7 Å². The number of nitrogens with zero attached hydrogens (tertiary/aromatic N) is 3. The predicted molar refractivity (Wildman–Crippen MR) is 441 cm³/mol. The Hall–Kier alpha value is -11.9. The lowest BCUT2D eigenvalue weighted by molar-refractivity contribution is -0.141. The Morgan fingerprint density at radius 2 is 0.729 bits per heavy atom. The topological polar surface area (TPSA) is 712 Å². The van der Waals surface area contributed by atoms with Gasteiger partial charge in [0.1, 0.15) is 72.2 Å². The molecule has 0 aliphatic carbocycles. The number of phenolic OH excluding ortho intramolecular Hbond substituents is 1. The van der Waals surface area contributed by atoms with Crippen molar-refractivity contribution in [2.45, 2.75) is 244 Å². The molecule has 0 heterocycles. The molecule has 0 saturated heterocycles. The van der Waals surface area contributed by atoms with Crippen molar-refractivity contribution in [3.8, 4) is 5.75 Å². The number of hydrogen-bond donors (Lipinski definition) is 23. The van der Waals surface area contributed by atoms with E-state index in [0.717, 1.165) is 0 Å². The second-order valence-electron chi connectivity index (χ2n) is 30.5. The molecule has 14 atom stereocenters. The van der Waals surface area contributed by atoms with Crippen LogP contribution in [0, 0.1) is 29.6 Å². The van der Waals surface area contributed by atoms with Crippen LogP contribution in [0.25, 0.3) is 0 Å². The number of carbonyl (C=O) groups excluding carboxylic acids is 14. The van der Waals surface area contributed by atoms with Crippen molar-refractivity contribution >= 4 is 107 Å². The number of benzene rings is 2. The van der Waals surface area contributed by atoms with Crippen molar-refractivity contribution in [1.29, 1.82) is 0 Å². The Kier molecular flexibility index (Phi) is 46.2. The van der Waals surface area contributed by atoms with Gasteiger partial charge in [0.15, 0.2) is 17.9 Å². The molecular formula is C77H128N24O17. The zero-order chi connectivity index (χ0) is 89.1. The van der Waals surface area contributed by atoms with E-state index in [1.807, 2.05) is 0 Å². The molecule has 0 fully saturated rings. The maximum absolute atomic E-state index is 14.7. The molecule has 0 saturated carbocycles. The molecule has 658 valence electrons. The van der Waals surface area contributed by atoms with Crippen LogP contribution < -0.4 is 115 Å².